The van der Waals surface area contributed by atoms with Gasteiger partial charge in [0.25, 0.3) is 0 Å². The van der Waals surface area contributed by atoms with Gasteiger partial charge in [0, 0.05) is 0 Å². The third-order valence-corrected chi connectivity index (χ3v) is 8.10. The van der Waals surface area contributed by atoms with Crippen molar-refractivity contribution in [2.45, 2.75) is 20.8 Å². The van der Waals surface area contributed by atoms with Gasteiger partial charge in [-0.25, -0.2) is 0 Å². The molecule has 3 aromatic carbocycles. The zero-order chi connectivity index (χ0) is 18.9. The quantitative estimate of drug-likeness (QED) is 0.530. The monoisotopic (exact) mass is 354 g/mol. The summed E-state index contributed by atoms with van der Waals surface area (Å²) in [4.78, 5) is 13.6. The molecule has 0 aliphatic rings. The van der Waals surface area contributed by atoms with Gasteiger partial charge < -0.3 is 0 Å². The van der Waals surface area contributed by atoms with E-state index in [-0.39, 0.29) is 5.52 Å². The zero-order valence-electron chi connectivity index (χ0n) is 15.6. The third-order valence-electron chi connectivity index (χ3n) is 5.24. The SMILES string of the molecule is [Li][c]1cc(C(=O)P(=O)(c2ccccc2)c2ccccc2)c(C)c(C)c1C. The van der Waals surface area contributed by atoms with Crippen molar-refractivity contribution in [1.82, 2.24) is 0 Å². The van der Waals surface area contributed by atoms with Gasteiger partial charge in [0.05, 0.1) is 0 Å². The predicted octanol–water partition coefficient (Wildman–Crippen LogP) is 3.56. The summed E-state index contributed by atoms with van der Waals surface area (Å²) in [5.74, 6) is 0. The van der Waals surface area contributed by atoms with Gasteiger partial charge in [-0.05, 0) is 0 Å². The molecule has 0 N–H and O–H groups in total. The van der Waals surface area contributed by atoms with Gasteiger partial charge in [-0.15, -0.1) is 0 Å². The Labute approximate surface area is 164 Å². The predicted molar refractivity (Wildman–Crippen MR) is 110 cm³/mol. The minimum absolute atomic E-state index is 0.293. The van der Waals surface area contributed by atoms with Gasteiger partial charge in [0.2, 0.25) is 0 Å². The Balaban J connectivity index is 2.28. The van der Waals surface area contributed by atoms with Crippen molar-refractivity contribution in [3.8, 4) is 0 Å². The van der Waals surface area contributed by atoms with E-state index in [1.165, 1.54) is 5.56 Å². The first kappa shape index (κ1) is 18.9. The Bertz CT molecular complexity index is 968. The number of hydrogen-bond donors (Lipinski definition) is 0. The van der Waals surface area contributed by atoms with E-state index in [4.69, 9.17) is 0 Å². The molecule has 0 aliphatic carbocycles. The molecule has 0 spiro atoms. The van der Waals surface area contributed by atoms with Gasteiger partial charge in [0.15, 0.2) is 0 Å². The van der Waals surface area contributed by atoms with Crippen molar-refractivity contribution < 1.29 is 9.36 Å². The Morgan fingerprint density at radius 1 is 0.769 bits per heavy atom. The summed E-state index contributed by atoms with van der Waals surface area (Å²) < 4.78 is 15.3. The molecule has 0 unspecified atom stereocenters. The second-order valence-corrected chi connectivity index (χ2v) is 9.36. The number of benzene rings is 3. The first-order valence-electron chi connectivity index (χ1n) is 8.71. The second kappa shape index (κ2) is 7.41. The van der Waals surface area contributed by atoms with Crippen LogP contribution in [-0.4, -0.2) is 23.2 Å². The van der Waals surface area contributed by atoms with E-state index < -0.39 is 7.14 Å². The fourth-order valence-electron chi connectivity index (χ4n) is 3.26. The van der Waals surface area contributed by atoms with Crippen LogP contribution in [0.3, 0.4) is 0 Å². The third kappa shape index (κ3) is 3.15. The molecule has 126 valence electrons. The van der Waals surface area contributed by atoms with E-state index in [1.807, 2.05) is 74.0 Å². The normalized spacial score (nSPS) is 11.4. The van der Waals surface area contributed by atoms with Crippen molar-refractivity contribution in [2.24, 2.45) is 0 Å². The van der Waals surface area contributed by atoms with Crippen LogP contribution < -0.4 is 14.8 Å². The topological polar surface area (TPSA) is 34.1 Å². The first-order valence-corrected chi connectivity index (χ1v) is 10.4. The number of rotatable bonds is 4. The molecule has 0 radical (unpaired) electrons. The van der Waals surface area contributed by atoms with Crippen molar-refractivity contribution in [3.05, 3.63) is 89.0 Å². The minimum atomic E-state index is -3.46. The van der Waals surface area contributed by atoms with Crippen LogP contribution in [0.25, 0.3) is 0 Å². The first-order chi connectivity index (χ1) is 12.4. The van der Waals surface area contributed by atoms with Gasteiger partial charge in [-0.3, -0.25) is 0 Å². The maximum absolute atomic E-state index is 14.2. The maximum atomic E-state index is 14.2. The Morgan fingerprint density at radius 2 is 1.23 bits per heavy atom. The summed E-state index contributed by atoms with van der Waals surface area (Å²) in [5, 5.41) is 1.15. The molecule has 0 fully saturated rings. The van der Waals surface area contributed by atoms with Crippen LogP contribution in [0.15, 0.2) is 66.7 Å². The zero-order valence-corrected chi connectivity index (χ0v) is 16.5. The molecule has 0 saturated heterocycles. The molecule has 0 atom stereocenters. The molecule has 0 bridgehead atoms. The Hall–Kier alpha value is -1.84. The van der Waals surface area contributed by atoms with Crippen LogP contribution in [0, 0.1) is 20.8 Å². The van der Waals surface area contributed by atoms with Crippen molar-refractivity contribution in [2.75, 3.05) is 0 Å². The van der Waals surface area contributed by atoms with Gasteiger partial charge in [-0.2, -0.15) is 0 Å². The van der Waals surface area contributed by atoms with Crippen molar-refractivity contribution in [1.29, 1.82) is 0 Å². The molecule has 0 aliphatic heterocycles. The molecule has 0 aromatic heterocycles. The molecule has 0 amide bonds. The van der Waals surface area contributed by atoms with Crippen LogP contribution in [0.1, 0.15) is 27.0 Å². The number of hydrogen-bond acceptors (Lipinski definition) is 2. The summed E-state index contributed by atoms with van der Waals surface area (Å²) in [6.07, 6.45) is 0. The molecular formula is C22H20LiO2P. The van der Waals surface area contributed by atoms with E-state index >= 15 is 0 Å². The van der Waals surface area contributed by atoms with E-state index in [1.54, 1.807) is 24.3 Å². The van der Waals surface area contributed by atoms with Crippen molar-refractivity contribution in [3.63, 3.8) is 0 Å². The second-order valence-electron chi connectivity index (χ2n) is 6.70. The summed E-state index contributed by atoms with van der Waals surface area (Å²) in [6.45, 7) is 6.01. The fraction of sp³-hybridized carbons (Fsp3) is 0.136. The van der Waals surface area contributed by atoms with Gasteiger partial charge in [0.1, 0.15) is 0 Å². The molecule has 26 heavy (non-hydrogen) atoms. The van der Waals surface area contributed by atoms with E-state index in [9.17, 15) is 9.36 Å². The Morgan fingerprint density at radius 3 is 1.69 bits per heavy atom. The summed E-state index contributed by atoms with van der Waals surface area (Å²) in [6, 6.07) is 20.1. The molecule has 3 rings (SSSR count). The van der Waals surface area contributed by atoms with Crippen LogP contribution in [0.4, 0.5) is 0 Å². The number of carbonyl (C=O) groups excluding carboxylic acids is 1. The van der Waals surface area contributed by atoms with E-state index in [0.29, 0.717) is 16.2 Å². The summed E-state index contributed by atoms with van der Waals surface area (Å²) in [5.41, 5.74) is 3.43. The van der Waals surface area contributed by atoms with Crippen LogP contribution in [0.2, 0.25) is 0 Å². The molecule has 4 heteroatoms. The molecule has 0 saturated carbocycles. The van der Waals surface area contributed by atoms with Crippen LogP contribution >= 0.6 is 7.14 Å². The van der Waals surface area contributed by atoms with Crippen LogP contribution in [-0.2, 0) is 4.57 Å². The molecule has 0 heterocycles. The molecule has 2 nitrogen and oxygen atoms in total. The average Bonchev–Trinajstić information content (AvgIpc) is 2.69. The number of carbonyl (C=O) groups is 1. The summed E-state index contributed by atoms with van der Waals surface area (Å²) in [7, 11) is -3.46. The van der Waals surface area contributed by atoms with E-state index in [2.05, 4.69) is 6.92 Å². The fourth-order valence-corrected chi connectivity index (χ4v) is 5.79. The Kier molecular flexibility index (Phi) is 5.40. The van der Waals surface area contributed by atoms with E-state index in [0.717, 1.165) is 15.4 Å². The average molecular weight is 354 g/mol. The van der Waals surface area contributed by atoms with Crippen LogP contribution in [0.5, 0.6) is 0 Å². The standard InChI is InChI=1S/C22H20O2P.Li/c1-16-14-15-21(18(3)17(16)2)22(23)25(24,19-10-6-4-7-11-19)20-12-8-5-9-13-20;/h4-13,15H,1-3H3;. The van der Waals surface area contributed by atoms with Gasteiger partial charge >= 0.3 is 164 Å². The van der Waals surface area contributed by atoms with Gasteiger partial charge in [-0.1, -0.05) is 0 Å². The van der Waals surface area contributed by atoms with Crippen molar-refractivity contribution >= 4 is 45.2 Å². The molecular weight excluding hydrogens is 334 g/mol. The summed E-state index contributed by atoms with van der Waals surface area (Å²) >= 11 is 1.99. The molecule has 3 aromatic rings.